The van der Waals surface area contributed by atoms with E-state index in [9.17, 15) is 0 Å². The lowest BCUT2D eigenvalue weighted by molar-refractivity contribution is 0.235. The predicted octanol–water partition coefficient (Wildman–Crippen LogP) is 5.34. The largest absolute Gasteiger partial charge is 0.394 e. The minimum absolute atomic E-state index is 0.0626. The van der Waals surface area contributed by atoms with Gasteiger partial charge in [0.25, 0.3) is 0 Å². The molecule has 1 fully saturated rings. The molecule has 0 aromatic rings. The number of ether oxygens (including phenoxy) is 1. The van der Waals surface area contributed by atoms with Crippen molar-refractivity contribution in [3.05, 3.63) is 34.9 Å². The van der Waals surface area contributed by atoms with Gasteiger partial charge in [0, 0.05) is 0 Å². The third-order valence-electron chi connectivity index (χ3n) is 4.46. The summed E-state index contributed by atoms with van der Waals surface area (Å²) in [5.74, 6) is 0. The Labute approximate surface area is 137 Å². The summed E-state index contributed by atoms with van der Waals surface area (Å²) in [6, 6.07) is 0. The van der Waals surface area contributed by atoms with E-state index in [1.807, 2.05) is 0 Å². The summed E-state index contributed by atoms with van der Waals surface area (Å²) in [6.45, 7) is 11.0. The van der Waals surface area contributed by atoms with Crippen molar-refractivity contribution in [1.29, 1.82) is 0 Å². The number of epoxide rings is 1. The highest BCUT2D eigenvalue weighted by Gasteiger charge is 2.50. The van der Waals surface area contributed by atoms with Crippen molar-refractivity contribution in [1.82, 2.24) is 0 Å². The second-order valence-corrected chi connectivity index (χ2v) is 7.10. The third-order valence-corrected chi connectivity index (χ3v) is 4.46. The van der Waals surface area contributed by atoms with E-state index in [1.165, 1.54) is 23.1 Å². The fourth-order valence-corrected chi connectivity index (χ4v) is 2.69. The molecule has 0 aromatic carbocycles. The third kappa shape index (κ3) is 7.42. The Bertz CT molecular complexity index is 427. The first-order valence-corrected chi connectivity index (χ1v) is 8.60. The van der Waals surface area contributed by atoms with Crippen molar-refractivity contribution < 1.29 is 9.84 Å². The van der Waals surface area contributed by atoms with Crippen molar-refractivity contribution in [3.8, 4) is 0 Å². The van der Waals surface area contributed by atoms with Crippen molar-refractivity contribution in [2.24, 2.45) is 0 Å². The second-order valence-electron chi connectivity index (χ2n) is 7.10. The summed E-state index contributed by atoms with van der Waals surface area (Å²) < 4.78 is 5.51. The fourth-order valence-electron chi connectivity index (χ4n) is 2.69. The van der Waals surface area contributed by atoms with Crippen LogP contribution < -0.4 is 0 Å². The number of aliphatic hydroxyl groups excluding tert-OH is 1. The Kier molecular flexibility index (Phi) is 8.13. The summed E-state index contributed by atoms with van der Waals surface area (Å²) in [7, 11) is 0. The van der Waals surface area contributed by atoms with Crippen molar-refractivity contribution in [3.63, 3.8) is 0 Å². The lowest BCUT2D eigenvalue weighted by atomic mass is 10.00. The van der Waals surface area contributed by atoms with Crippen LogP contribution in [0.2, 0.25) is 0 Å². The molecule has 2 heteroatoms. The molecule has 0 spiro atoms. The zero-order chi connectivity index (χ0) is 16.6. The highest BCUT2D eigenvalue weighted by molar-refractivity contribution is 5.06. The highest BCUT2D eigenvalue weighted by Crippen LogP contribution is 2.39. The molecule has 2 nitrogen and oxygen atoms in total. The standard InChI is InChI=1S/C20H34O2/c1-16(2)9-6-10-17(3)11-7-12-18(4)13-8-14-20(5)19(15-21)22-20/h9,11,13,19,21H,6-8,10,12,14-15H2,1-5H3/b17-11+,18-13+/t19-,20?/m0/s1. The first-order valence-electron chi connectivity index (χ1n) is 8.60. The average Bonchev–Trinajstić information content (AvgIpc) is 3.09. The molecule has 0 aromatic heterocycles. The maximum Gasteiger partial charge on any atom is 0.110 e. The Morgan fingerprint density at radius 1 is 0.955 bits per heavy atom. The smallest absolute Gasteiger partial charge is 0.110 e. The van der Waals surface area contributed by atoms with Crippen molar-refractivity contribution in [2.45, 2.75) is 84.8 Å². The van der Waals surface area contributed by atoms with Crippen molar-refractivity contribution in [2.75, 3.05) is 6.61 Å². The number of aliphatic hydroxyl groups is 1. The van der Waals surface area contributed by atoms with E-state index in [-0.39, 0.29) is 18.3 Å². The molecular formula is C20H34O2. The van der Waals surface area contributed by atoms with Gasteiger partial charge in [0.2, 0.25) is 0 Å². The molecule has 1 rings (SSSR count). The number of allylic oxidation sites excluding steroid dienone is 6. The maximum atomic E-state index is 9.06. The van der Waals surface area contributed by atoms with Gasteiger partial charge < -0.3 is 9.84 Å². The molecule has 0 saturated carbocycles. The van der Waals surface area contributed by atoms with Gasteiger partial charge in [0.05, 0.1) is 12.2 Å². The molecule has 1 unspecified atom stereocenters. The fraction of sp³-hybridized carbons (Fsp3) is 0.700. The molecule has 1 aliphatic rings. The van der Waals surface area contributed by atoms with Crippen molar-refractivity contribution >= 4 is 0 Å². The van der Waals surface area contributed by atoms with Crippen LogP contribution in [0.5, 0.6) is 0 Å². The SMILES string of the molecule is CC(C)=CCC/C(C)=C/CC/C(C)=C/CCC1(C)O[C@H]1CO. The molecule has 1 aliphatic heterocycles. The lowest BCUT2D eigenvalue weighted by Crippen LogP contribution is -2.11. The van der Waals surface area contributed by atoms with Crippen LogP contribution in [0.25, 0.3) is 0 Å². The van der Waals surface area contributed by atoms with Gasteiger partial charge in [-0.3, -0.25) is 0 Å². The van der Waals surface area contributed by atoms with Crippen LogP contribution in [-0.4, -0.2) is 23.4 Å². The van der Waals surface area contributed by atoms with Gasteiger partial charge in [-0.25, -0.2) is 0 Å². The Hall–Kier alpha value is -0.860. The van der Waals surface area contributed by atoms with Gasteiger partial charge in [0.1, 0.15) is 6.10 Å². The van der Waals surface area contributed by atoms with E-state index in [0.717, 1.165) is 32.1 Å². The first kappa shape index (κ1) is 19.2. The summed E-state index contributed by atoms with van der Waals surface area (Å²) in [6.07, 6.45) is 13.7. The van der Waals surface area contributed by atoms with Crippen LogP contribution in [-0.2, 0) is 4.74 Å². The highest BCUT2D eigenvalue weighted by atomic mass is 16.6. The van der Waals surface area contributed by atoms with Crippen LogP contribution in [0.4, 0.5) is 0 Å². The number of hydrogen-bond acceptors (Lipinski definition) is 2. The second kappa shape index (κ2) is 9.32. The number of rotatable bonds is 10. The van der Waals surface area contributed by atoms with Gasteiger partial charge in [-0.1, -0.05) is 34.9 Å². The summed E-state index contributed by atoms with van der Waals surface area (Å²) in [4.78, 5) is 0. The molecule has 22 heavy (non-hydrogen) atoms. The molecular weight excluding hydrogens is 272 g/mol. The average molecular weight is 306 g/mol. The van der Waals surface area contributed by atoms with Gasteiger partial charge in [-0.2, -0.15) is 0 Å². The molecule has 0 bridgehead atoms. The minimum atomic E-state index is -0.0764. The molecule has 2 atom stereocenters. The summed E-state index contributed by atoms with van der Waals surface area (Å²) >= 11 is 0. The first-order chi connectivity index (χ1) is 10.4. The van der Waals surface area contributed by atoms with E-state index < -0.39 is 0 Å². The zero-order valence-electron chi connectivity index (χ0n) is 15.1. The quantitative estimate of drug-likeness (QED) is 0.437. The van der Waals surface area contributed by atoms with Gasteiger partial charge >= 0.3 is 0 Å². The Balaban J connectivity index is 2.18. The van der Waals surface area contributed by atoms with Crippen LogP contribution in [0.3, 0.4) is 0 Å². The molecule has 126 valence electrons. The summed E-state index contributed by atoms with van der Waals surface area (Å²) in [5.41, 5.74) is 4.28. The van der Waals surface area contributed by atoms with E-state index >= 15 is 0 Å². The normalized spacial score (nSPS) is 25.3. The van der Waals surface area contributed by atoms with E-state index in [1.54, 1.807) is 0 Å². The Morgan fingerprint density at radius 2 is 1.50 bits per heavy atom. The van der Waals surface area contributed by atoms with E-state index in [2.05, 4.69) is 52.8 Å². The monoisotopic (exact) mass is 306 g/mol. The molecule has 0 radical (unpaired) electrons. The van der Waals surface area contributed by atoms with E-state index in [0.29, 0.717) is 0 Å². The van der Waals surface area contributed by atoms with Crippen LogP contribution >= 0.6 is 0 Å². The summed E-state index contributed by atoms with van der Waals surface area (Å²) in [5, 5.41) is 9.06. The van der Waals surface area contributed by atoms with Crippen LogP contribution in [0.1, 0.15) is 73.1 Å². The van der Waals surface area contributed by atoms with Crippen LogP contribution in [0.15, 0.2) is 34.9 Å². The van der Waals surface area contributed by atoms with E-state index in [4.69, 9.17) is 9.84 Å². The maximum absolute atomic E-state index is 9.06. The van der Waals surface area contributed by atoms with Gasteiger partial charge in [-0.15, -0.1) is 0 Å². The molecule has 1 saturated heterocycles. The lowest BCUT2D eigenvalue weighted by Gasteiger charge is -2.04. The molecule has 0 aliphatic carbocycles. The molecule has 1 heterocycles. The number of hydrogen-bond donors (Lipinski definition) is 1. The zero-order valence-corrected chi connectivity index (χ0v) is 15.1. The van der Waals surface area contributed by atoms with Gasteiger partial charge in [0.15, 0.2) is 0 Å². The van der Waals surface area contributed by atoms with Gasteiger partial charge in [-0.05, 0) is 73.1 Å². The minimum Gasteiger partial charge on any atom is -0.394 e. The van der Waals surface area contributed by atoms with Crippen LogP contribution in [0, 0.1) is 0 Å². The predicted molar refractivity (Wildman–Crippen MR) is 95.0 cm³/mol. The molecule has 0 amide bonds. The Morgan fingerprint density at radius 3 is 2.00 bits per heavy atom. The topological polar surface area (TPSA) is 32.8 Å². The molecule has 1 N–H and O–H groups in total.